The van der Waals surface area contributed by atoms with Crippen molar-refractivity contribution in [3.63, 3.8) is 0 Å². The van der Waals surface area contributed by atoms with E-state index in [0.717, 1.165) is 44.9 Å². The van der Waals surface area contributed by atoms with Crippen LogP contribution in [-0.2, 0) is 23.8 Å². The van der Waals surface area contributed by atoms with Crippen LogP contribution in [0.1, 0.15) is 303 Å². The molecule has 0 rings (SSSR count). The van der Waals surface area contributed by atoms with Crippen molar-refractivity contribution in [3.8, 4) is 0 Å². The van der Waals surface area contributed by atoms with Crippen molar-refractivity contribution in [3.05, 3.63) is 36.5 Å². The minimum absolute atomic E-state index is 0.0870. The first kappa shape index (κ1) is 62.1. The molecule has 1 atom stereocenters. The van der Waals surface area contributed by atoms with E-state index in [1.165, 1.54) is 225 Å². The van der Waals surface area contributed by atoms with Gasteiger partial charge in [0.1, 0.15) is 6.61 Å². The van der Waals surface area contributed by atoms with Crippen LogP contribution in [0.25, 0.3) is 0 Å². The summed E-state index contributed by atoms with van der Waals surface area (Å²) < 4.78 is 17.5. The summed E-state index contributed by atoms with van der Waals surface area (Å²) in [6.45, 7) is 7.83. The van der Waals surface area contributed by atoms with Gasteiger partial charge in [-0.05, 0) is 77.0 Å². The van der Waals surface area contributed by atoms with E-state index in [4.69, 9.17) is 14.2 Å². The van der Waals surface area contributed by atoms with Crippen LogP contribution in [0.5, 0.6) is 0 Å². The Morgan fingerprint density at radius 3 is 1.08 bits per heavy atom. The highest BCUT2D eigenvalue weighted by molar-refractivity contribution is 5.70. The molecule has 0 N–H and O–H groups in total. The van der Waals surface area contributed by atoms with Gasteiger partial charge in [0.2, 0.25) is 0 Å². The van der Waals surface area contributed by atoms with E-state index in [9.17, 15) is 9.59 Å². The van der Waals surface area contributed by atoms with E-state index in [1.54, 1.807) is 0 Å². The zero-order valence-electron chi connectivity index (χ0n) is 43.3. The van der Waals surface area contributed by atoms with Crippen LogP contribution < -0.4 is 0 Å². The van der Waals surface area contributed by atoms with Gasteiger partial charge in [0.25, 0.3) is 0 Å². The Hall–Kier alpha value is -1.88. The van der Waals surface area contributed by atoms with Crippen LogP contribution >= 0.6 is 0 Å². The molecule has 1 unspecified atom stereocenters. The van der Waals surface area contributed by atoms with Gasteiger partial charge in [0.05, 0.1) is 6.61 Å². The van der Waals surface area contributed by atoms with E-state index in [1.807, 2.05) is 0 Å². The second-order valence-electron chi connectivity index (χ2n) is 19.2. The summed E-state index contributed by atoms with van der Waals surface area (Å²) in [5.74, 6) is -0.387. The standard InChI is InChI=1S/C59H110O5/c1-4-7-10-13-16-19-22-24-26-28-30-31-33-35-38-40-43-46-49-52-58(60)63-56-57(64-59(61)53-50-47-44-41-37-21-18-15-12-9-6-3)55-62-54-51-48-45-42-39-36-34-32-29-27-25-23-20-17-14-11-8-5-2/h17,20,24-27,57H,4-16,18-19,21-23,28-56H2,1-3H3/b20-17-,26-24-,27-25-. The Morgan fingerprint density at radius 2 is 0.656 bits per heavy atom. The molecule has 0 heterocycles. The van der Waals surface area contributed by atoms with Gasteiger partial charge in [-0.25, -0.2) is 0 Å². The predicted octanol–water partition coefficient (Wildman–Crippen LogP) is 19.4. The molecule has 0 aliphatic heterocycles. The molecule has 0 spiro atoms. The van der Waals surface area contributed by atoms with Crippen molar-refractivity contribution in [1.82, 2.24) is 0 Å². The maximum atomic E-state index is 12.8. The Balaban J connectivity index is 4.18. The molecule has 0 aromatic rings. The topological polar surface area (TPSA) is 61.8 Å². The highest BCUT2D eigenvalue weighted by Gasteiger charge is 2.17. The molecule has 5 nitrogen and oxygen atoms in total. The lowest BCUT2D eigenvalue weighted by Gasteiger charge is -2.18. The molecule has 0 radical (unpaired) electrons. The van der Waals surface area contributed by atoms with Gasteiger partial charge >= 0.3 is 11.9 Å². The second kappa shape index (κ2) is 55.4. The summed E-state index contributed by atoms with van der Waals surface area (Å²) in [5, 5.41) is 0. The number of allylic oxidation sites excluding steroid dienone is 6. The lowest BCUT2D eigenvalue weighted by Crippen LogP contribution is -2.30. The normalized spacial score (nSPS) is 12.4. The fourth-order valence-corrected chi connectivity index (χ4v) is 8.36. The van der Waals surface area contributed by atoms with Gasteiger partial charge in [-0.15, -0.1) is 0 Å². The third-order valence-corrected chi connectivity index (χ3v) is 12.6. The summed E-state index contributed by atoms with van der Waals surface area (Å²) in [4.78, 5) is 25.4. The molecule has 0 saturated heterocycles. The lowest BCUT2D eigenvalue weighted by atomic mass is 10.1. The quantitative estimate of drug-likeness (QED) is 0.0346. The third-order valence-electron chi connectivity index (χ3n) is 12.6. The molecule has 5 heteroatoms. The summed E-state index contributed by atoms with van der Waals surface area (Å²) in [6.07, 6.45) is 67.3. The van der Waals surface area contributed by atoms with Gasteiger partial charge in [0, 0.05) is 19.4 Å². The fourth-order valence-electron chi connectivity index (χ4n) is 8.36. The number of hydrogen-bond acceptors (Lipinski definition) is 5. The third kappa shape index (κ3) is 52.7. The second-order valence-corrected chi connectivity index (χ2v) is 19.2. The molecular weight excluding hydrogens is 789 g/mol. The highest BCUT2D eigenvalue weighted by atomic mass is 16.6. The van der Waals surface area contributed by atoms with E-state index >= 15 is 0 Å². The number of esters is 2. The van der Waals surface area contributed by atoms with Crippen molar-refractivity contribution in [2.75, 3.05) is 19.8 Å². The van der Waals surface area contributed by atoms with Gasteiger partial charge < -0.3 is 14.2 Å². The minimum Gasteiger partial charge on any atom is -0.462 e. The number of unbranched alkanes of at least 4 members (excludes halogenated alkanes) is 36. The summed E-state index contributed by atoms with van der Waals surface area (Å²) >= 11 is 0. The van der Waals surface area contributed by atoms with Crippen molar-refractivity contribution in [2.24, 2.45) is 0 Å². The summed E-state index contributed by atoms with van der Waals surface area (Å²) in [6, 6.07) is 0. The number of ether oxygens (including phenoxy) is 3. The largest absolute Gasteiger partial charge is 0.462 e. The van der Waals surface area contributed by atoms with Crippen molar-refractivity contribution >= 4 is 11.9 Å². The predicted molar refractivity (Wildman–Crippen MR) is 279 cm³/mol. The number of carbonyl (C=O) groups is 2. The first-order valence-corrected chi connectivity index (χ1v) is 28.5. The van der Waals surface area contributed by atoms with Crippen molar-refractivity contribution < 1.29 is 23.8 Å². The van der Waals surface area contributed by atoms with Crippen LogP contribution in [0.15, 0.2) is 36.5 Å². The van der Waals surface area contributed by atoms with Gasteiger partial charge in [-0.1, -0.05) is 250 Å². The first-order valence-electron chi connectivity index (χ1n) is 28.5. The van der Waals surface area contributed by atoms with Crippen LogP contribution in [0.3, 0.4) is 0 Å². The fraction of sp³-hybridized carbons (Fsp3) is 0.864. The lowest BCUT2D eigenvalue weighted by molar-refractivity contribution is -0.163. The average molecular weight is 900 g/mol. The molecule has 0 fully saturated rings. The zero-order chi connectivity index (χ0) is 46.3. The maximum Gasteiger partial charge on any atom is 0.306 e. The number of hydrogen-bond donors (Lipinski definition) is 0. The Morgan fingerprint density at radius 1 is 0.344 bits per heavy atom. The Labute approximate surface area is 400 Å². The van der Waals surface area contributed by atoms with Crippen LogP contribution in [-0.4, -0.2) is 37.9 Å². The molecule has 0 aliphatic carbocycles. The summed E-state index contributed by atoms with van der Waals surface area (Å²) in [7, 11) is 0. The molecule has 0 aliphatic rings. The van der Waals surface area contributed by atoms with Crippen LogP contribution in [0, 0.1) is 0 Å². The molecule has 0 saturated carbocycles. The van der Waals surface area contributed by atoms with Gasteiger partial charge in [-0.3, -0.25) is 9.59 Å². The summed E-state index contributed by atoms with van der Waals surface area (Å²) in [5.41, 5.74) is 0. The first-order chi connectivity index (χ1) is 31.6. The average Bonchev–Trinajstić information content (AvgIpc) is 3.30. The van der Waals surface area contributed by atoms with Crippen LogP contribution in [0.2, 0.25) is 0 Å². The molecule has 64 heavy (non-hydrogen) atoms. The van der Waals surface area contributed by atoms with Crippen molar-refractivity contribution in [1.29, 1.82) is 0 Å². The van der Waals surface area contributed by atoms with E-state index in [-0.39, 0.29) is 25.2 Å². The Bertz CT molecular complexity index is 1020. The minimum atomic E-state index is -0.535. The van der Waals surface area contributed by atoms with Crippen molar-refractivity contribution in [2.45, 2.75) is 309 Å². The molecule has 0 aromatic carbocycles. The molecule has 0 amide bonds. The SMILES string of the molecule is CCCCC/C=C\C/C=C\CCCCCCCCCCOCC(COC(=O)CCCCCCCCCCC/C=C\CCCCCCCC)OC(=O)CCCCCCCCCCCCC. The number of carbonyl (C=O) groups excluding carboxylic acids is 2. The van der Waals surface area contributed by atoms with E-state index in [2.05, 4.69) is 57.2 Å². The van der Waals surface area contributed by atoms with Crippen LogP contribution in [0.4, 0.5) is 0 Å². The monoisotopic (exact) mass is 899 g/mol. The van der Waals surface area contributed by atoms with E-state index < -0.39 is 6.10 Å². The smallest absolute Gasteiger partial charge is 0.306 e. The Kier molecular flexibility index (Phi) is 53.8. The molecule has 0 aromatic heterocycles. The maximum absolute atomic E-state index is 12.8. The molecule has 0 bridgehead atoms. The van der Waals surface area contributed by atoms with Gasteiger partial charge in [-0.2, -0.15) is 0 Å². The number of rotatable bonds is 53. The highest BCUT2D eigenvalue weighted by Crippen LogP contribution is 2.16. The molecular formula is C59H110O5. The van der Waals surface area contributed by atoms with E-state index in [0.29, 0.717) is 19.4 Å². The molecule has 376 valence electrons. The van der Waals surface area contributed by atoms with Gasteiger partial charge in [0.15, 0.2) is 6.10 Å². The zero-order valence-corrected chi connectivity index (χ0v) is 43.3.